The average molecular weight is 260 g/mol. The van der Waals surface area contributed by atoms with E-state index in [1.165, 1.54) is 7.11 Å². The Kier molecular flexibility index (Phi) is 4.00. The molecule has 1 aromatic carbocycles. The van der Waals surface area contributed by atoms with Crippen molar-refractivity contribution < 1.29 is 19.4 Å². The molecule has 19 heavy (non-hydrogen) atoms. The zero-order valence-electron chi connectivity index (χ0n) is 10.7. The summed E-state index contributed by atoms with van der Waals surface area (Å²) in [7, 11) is 1.53. The van der Waals surface area contributed by atoms with Crippen LogP contribution in [-0.4, -0.2) is 24.0 Å². The molecule has 1 aliphatic carbocycles. The Balaban J connectivity index is 2.26. The fourth-order valence-electron chi connectivity index (χ4n) is 2.37. The van der Waals surface area contributed by atoms with Gasteiger partial charge in [-0.1, -0.05) is 24.3 Å². The number of aliphatic carboxylic acids is 1. The molecule has 0 bridgehead atoms. The van der Waals surface area contributed by atoms with E-state index in [0.29, 0.717) is 24.2 Å². The first-order valence-corrected chi connectivity index (χ1v) is 6.19. The number of carboxylic acid groups (broad SMARTS) is 1. The van der Waals surface area contributed by atoms with Crippen molar-refractivity contribution in [2.45, 2.75) is 12.8 Å². The SMILES string of the molecule is COc1cccc(C(=O)C2CC=CCC2C(=O)O)c1. The lowest BCUT2D eigenvalue weighted by Crippen LogP contribution is -2.31. The van der Waals surface area contributed by atoms with E-state index in [9.17, 15) is 14.7 Å². The predicted octanol–water partition coefficient (Wildman–Crippen LogP) is 2.54. The first-order valence-electron chi connectivity index (χ1n) is 6.19. The van der Waals surface area contributed by atoms with Gasteiger partial charge in [0.05, 0.1) is 13.0 Å². The van der Waals surface area contributed by atoms with E-state index in [2.05, 4.69) is 0 Å². The molecule has 0 saturated heterocycles. The molecule has 2 rings (SSSR count). The molecule has 0 radical (unpaired) electrons. The zero-order chi connectivity index (χ0) is 13.8. The third-order valence-corrected chi connectivity index (χ3v) is 3.44. The number of carbonyl (C=O) groups is 2. The minimum absolute atomic E-state index is 0.129. The number of ketones is 1. The number of benzene rings is 1. The van der Waals surface area contributed by atoms with Crippen LogP contribution in [0.2, 0.25) is 0 Å². The van der Waals surface area contributed by atoms with Gasteiger partial charge >= 0.3 is 5.97 Å². The van der Waals surface area contributed by atoms with Gasteiger partial charge in [-0.25, -0.2) is 0 Å². The van der Waals surface area contributed by atoms with Gasteiger partial charge in [-0.05, 0) is 25.0 Å². The van der Waals surface area contributed by atoms with Gasteiger partial charge in [0.2, 0.25) is 0 Å². The molecule has 0 saturated carbocycles. The molecule has 0 spiro atoms. The molecule has 0 aliphatic heterocycles. The minimum atomic E-state index is -0.911. The second-order valence-electron chi connectivity index (χ2n) is 4.59. The smallest absolute Gasteiger partial charge is 0.307 e. The Morgan fingerprint density at radius 2 is 1.89 bits per heavy atom. The number of rotatable bonds is 4. The number of carbonyl (C=O) groups excluding carboxylic acids is 1. The largest absolute Gasteiger partial charge is 0.497 e. The van der Waals surface area contributed by atoms with Crippen molar-refractivity contribution in [1.29, 1.82) is 0 Å². The molecule has 2 unspecified atom stereocenters. The van der Waals surface area contributed by atoms with E-state index in [4.69, 9.17) is 4.74 Å². The maximum absolute atomic E-state index is 12.4. The number of Topliss-reactive ketones (excluding diaryl/α,β-unsaturated/α-hetero) is 1. The topological polar surface area (TPSA) is 63.6 Å². The highest BCUT2D eigenvalue weighted by Crippen LogP contribution is 2.29. The van der Waals surface area contributed by atoms with Gasteiger partial charge in [0, 0.05) is 11.5 Å². The zero-order valence-corrected chi connectivity index (χ0v) is 10.7. The molecule has 4 heteroatoms. The van der Waals surface area contributed by atoms with E-state index in [0.717, 1.165) is 0 Å². The van der Waals surface area contributed by atoms with Gasteiger partial charge in [0.1, 0.15) is 5.75 Å². The van der Waals surface area contributed by atoms with Crippen LogP contribution in [0.3, 0.4) is 0 Å². The van der Waals surface area contributed by atoms with Crippen molar-refractivity contribution in [3.05, 3.63) is 42.0 Å². The lowest BCUT2D eigenvalue weighted by molar-refractivity contribution is -0.143. The lowest BCUT2D eigenvalue weighted by Gasteiger charge is -2.24. The molecular formula is C15H16O4. The summed E-state index contributed by atoms with van der Waals surface area (Å²) < 4.78 is 5.08. The summed E-state index contributed by atoms with van der Waals surface area (Å²) in [5.41, 5.74) is 0.505. The lowest BCUT2D eigenvalue weighted by atomic mass is 9.78. The minimum Gasteiger partial charge on any atom is -0.497 e. The quantitative estimate of drug-likeness (QED) is 0.667. The van der Waals surface area contributed by atoms with E-state index in [1.54, 1.807) is 24.3 Å². The van der Waals surface area contributed by atoms with Crippen LogP contribution in [-0.2, 0) is 4.79 Å². The molecular weight excluding hydrogens is 244 g/mol. The first kappa shape index (κ1) is 13.3. The molecule has 0 fully saturated rings. The first-order chi connectivity index (χ1) is 9.13. The van der Waals surface area contributed by atoms with Crippen LogP contribution in [0.15, 0.2) is 36.4 Å². The Morgan fingerprint density at radius 3 is 2.53 bits per heavy atom. The average Bonchev–Trinajstić information content (AvgIpc) is 2.46. The van der Waals surface area contributed by atoms with Crippen LogP contribution in [0.25, 0.3) is 0 Å². The highest BCUT2D eigenvalue weighted by molar-refractivity contribution is 6.00. The van der Waals surface area contributed by atoms with Crippen LogP contribution in [0.1, 0.15) is 23.2 Å². The highest BCUT2D eigenvalue weighted by Gasteiger charge is 2.34. The van der Waals surface area contributed by atoms with Crippen LogP contribution in [0.4, 0.5) is 0 Å². The summed E-state index contributed by atoms with van der Waals surface area (Å²) in [5.74, 6) is -1.57. The van der Waals surface area contributed by atoms with Gasteiger partial charge in [-0.3, -0.25) is 9.59 Å². The Morgan fingerprint density at radius 1 is 1.21 bits per heavy atom. The molecule has 100 valence electrons. The van der Waals surface area contributed by atoms with Gasteiger partial charge < -0.3 is 9.84 Å². The standard InChI is InChI=1S/C15H16O4/c1-19-11-6-4-5-10(9-11)14(16)12-7-2-3-8-13(12)15(17)18/h2-6,9,12-13H,7-8H2,1H3,(H,17,18). The molecule has 1 aliphatic rings. The fourth-order valence-corrected chi connectivity index (χ4v) is 2.37. The van der Waals surface area contributed by atoms with Crippen LogP contribution in [0, 0.1) is 11.8 Å². The van der Waals surface area contributed by atoms with Gasteiger partial charge in [-0.15, -0.1) is 0 Å². The van der Waals surface area contributed by atoms with E-state index in [1.807, 2.05) is 12.2 Å². The summed E-state index contributed by atoms with van der Waals surface area (Å²) in [6.45, 7) is 0. The van der Waals surface area contributed by atoms with Crippen molar-refractivity contribution in [2.24, 2.45) is 11.8 Å². The van der Waals surface area contributed by atoms with Crippen LogP contribution < -0.4 is 4.74 Å². The molecule has 0 heterocycles. The number of carboxylic acids is 1. The summed E-state index contributed by atoms with van der Waals surface area (Å²) >= 11 is 0. The molecule has 1 aromatic rings. The van der Waals surface area contributed by atoms with Crippen LogP contribution >= 0.6 is 0 Å². The number of hydrogen-bond donors (Lipinski definition) is 1. The number of hydrogen-bond acceptors (Lipinski definition) is 3. The number of allylic oxidation sites excluding steroid dienone is 2. The Bertz CT molecular complexity index is 519. The van der Waals surface area contributed by atoms with Crippen LogP contribution in [0.5, 0.6) is 5.75 Å². The molecule has 0 aromatic heterocycles. The second kappa shape index (κ2) is 5.69. The van der Waals surface area contributed by atoms with Gasteiger partial charge in [0.15, 0.2) is 5.78 Å². The van der Waals surface area contributed by atoms with Gasteiger partial charge in [-0.2, -0.15) is 0 Å². The number of ether oxygens (including phenoxy) is 1. The Hall–Kier alpha value is -2.10. The predicted molar refractivity (Wildman–Crippen MR) is 70.3 cm³/mol. The second-order valence-corrected chi connectivity index (χ2v) is 4.59. The summed E-state index contributed by atoms with van der Waals surface area (Å²) in [6.07, 6.45) is 4.60. The van der Waals surface area contributed by atoms with Crippen molar-refractivity contribution >= 4 is 11.8 Å². The van der Waals surface area contributed by atoms with Crippen molar-refractivity contribution in [3.63, 3.8) is 0 Å². The molecule has 0 amide bonds. The van der Waals surface area contributed by atoms with Gasteiger partial charge in [0.25, 0.3) is 0 Å². The third kappa shape index (κ3) is 2.84. The van der Waals surface area contributed by atoms with E-state index >= 15 is 0 Å². The summed E-state index contributed by atoms with van der Waals surface area (Å²) in [4.78, 5) is 23.6. The highest BCUT2D eigenvalue weighted by atomic mass is 16.5. The monoisotopic (exact) mass is 260 g/mol. The Labute approximate surface area is 111 Å². The summed E-state index contributed by atoms with van der Waals surface area (Å²) in [5, 5.41) is 9.19. The van der Waals surface area contributed by atoms with E-state index < -0.39 is 17.8 Å². The van der Waals surface area contributed by atoms with Crippen molar-refractivity contribution in [2.75, 3.05) is 7.11 Å². The summed E-state index contributed by atoms with van der Waals surface area (Å²) in [6, 6.07) is 6.84. The number of methoxy groups -OCH3 is 1. The molecule has 2 atom stereocenters. The van der Waals surface area contributed by atoms with Crippen molar-refractivity contribution in [1.82, 2.24) is 0 Å². The fraction of sp³-hybridized carbons (Fsp3) is 0.333. The molecule has 4 nitrogen and oxygen atoms in total. The normalized spacial score (nSPS) is 21.9. The molecule has 1 N–H and O–H groups in total. The van der Waals surface area contributed by atoms with Crippen molar-refractivity contribution in [3.8, 4) is 5.75 Å². The maximum atomic E-state index is 12.4. The maximum Gasteiger partial charge on any atom is 0.307 e. The van der Waals surface area contributed by atoms with E-state index in [-0.39, 0.29) is 5.78 Å². The third-order valence-electron chi connectivity index (χ3n) is 3.44.